The van der Waals surface area contributed by atoms with E-state index in [-0.39, 0.29) is 0 Å². The molecular formula is C18H20N. The van der Waals surface area contributed by atoms with Crippen molar-refractivity contribution in [1.82, 2.24) is 0 Å². The zero-order valence-electron chi connectivity index (χ0n) is 11.5. The fourth-order valence-corrected chi connectivity index (χ4v) is 2.73. The van der Waals surface area contributed by atoms with Crippen LogP contribution in [0.15, 0.2) is 48.5 Å². The molecule has 1 heteroatoms. The van der Waals surface area contributed by atoms with Gasteiger partial charge in [-0.25, -0.2) is 0 Å². The largest absolute Gasteiger partial charge is 0.371 e. The molecule has 0 aliphatic carbocycles. The van der Waals surface area contributed by atoms with Crippen molar-refractivity contribution < 1.29 is 0 Å². The molecule has 3 rings (SSSR count). The van der Waals surface area contributed by atoms with Crippen molar-refractivity contribution in [3.63, 3.8) is 0 Å². The van der Waals surface area contributed by atoms with Gasteiger partial charge in [-0.15, -0.1) is 0 Å². The predicted octanol–water partition coefficient (Wildman–Crippen LogP) is 4.39. The van der Waals surface area contributed by atoms with Gasteiger partial charge in [0.15, 0.2) is 0 Å². The van der Waals surface area contributed by atoms with E-state index in [4.69, 9.17) is 0 Å². The number of benzene rings is 2. The molecule has 97 valence electrons. The fraction of sp³-hybridized carbons (Fsp3) is 0.333. The van der Waals surface area contributed by atoms with Crippen molar-refractivity contribution in [2.75, 3.05) is 18.0 Å². The SMILES string of the molecule is CC1CCN(c2cccc(-c3cc[c]cc3)c2)CC1. The van der Waals surface area contributed by atoms with Crippen LogP contribution < -0.4 is 4.90 Å². The zero-order chi connectivity index (χ0) is 13.1. The van der Waals surface area contributed by atoms with Crippen LogP contribution in [-0.2, 0) is 0 Å². The van der Waals surface area contributed by atoms with Crippen molar-refractivity contribution in [3.8, 4) is 11.1 Å². The molecule has 0 aromatic heterocycles. The molecule has 0 N–H and O–H groups in total. The lowest BCUT2D eigenvalue weighted by molar-refractivity contribution is 0.438. The van der Waals surface area contributed by atoms with Gasteiger partial charge in [-0.05, 0) is 48.1 Å². The molecule has 0 saturated carbocycles. The van der Waals surface area contributed by atoms with Gasteiger partial charge in [0, 0.05) is 18.8 Å². The Bertz CT molecular complexity index is 524. The van der Waals surface area contributed by atoms with E-state index in [0.29, 0.717) is 0 Å². The van der Waals surface area contributed by atoms with Crippen LogP contribution in [0.2, 0.25) is 0 Å². The van der Waals surface area contributed by atoms with E-state index < -0.39 is 0 Å². The van der Waals surface area contributed by atoms with E-state index in [0.717, 1.165) is 5.92 Å². The quantitative estimate of drug-likeness (QED) is 0.764. The van der Waals surface area contributed by atoms with Gasteiger partial charge in [-0.2, -0.15) is 0 Å². The summed E-state index contributed by atoms with van der Waals surface area (Å²) in [4.78, 5) is 2.51. The molecular weight excluding hydrogens is 230 g/mol. The van der Waals surface area contributed by atoms with Gasteiger partial charge in [0.05, 0.1) is 0 Å². The van der Waals surface area contributed by atoms with Gasteiger partial charge in [-0.3, -0.25) is 0 Å². The molecule has 1 saturated heterocycles. The molecule has 0 amide bonds. The van der Waals surface area contributed by atoms with Crippen LogP contribution in [0.5, 0.6) is 0 Å². The molecule has 0 atom stereocenters. The Hall–Kier alpha value is -1.76. The first-order chi connectivity index (χ1) is 9.33. The Morgan fingerprint density at radius 2 is 1.74 bits per heavy atom. The number of rotatable bonds is 2. The zero-order valence-corrected chi connectivity index (χ0v) is 11.5. The van der Waals surface area contributed by atoms with Crippen molar-refractivity contribution >= 4 is 5.69 Å². The lowest BCUT2D eigenvalue weighted by Crippen LogP contribution is -2.32. The number of piperidine rings is 1. The van der Waals surface area contributed by atoms with Crippen molar-refractivity contribution in [2.45, 2.75) is 19.8 Å². The third-order valence-corrected chi connectivity index (χ3v) is 4.05. The fourth-order valence-electron chi connectivity index (χ4n) is 2.73. The Kier molecular flexibility index (Phi) is 3.54. The highest BCUT2D eigenvalue weighted by molar-refractivity contribution is 5.68. The second kappa shape index (κ2) is 5.48. The Balaban J connectivity index is 1.84. The van der Waals surface area contributed by atoms with E-state index in [9.17, 15) is 0 Å². The van der Waals surface area contributed by atoms with Crippen molar-refractivity contribution in [2.24, 2.45) is 5.92 Å². The molecule has 1 radical (unpaired) electrons. The van der Waals surface area contributed by atoms with Gasteiger partial charge in [0.25, 0.3) is 0 Å². The third kappa shape index (κ3) is 2.81. The molecule has 2 aromatic rings. The van der Waals surface area contributed by atoms with E-state index in [2.05, 4.69) is 54.3 Å². The molecule has 19 heavy (non-hydrogen) atoms. The Labute approximate surface area is 115 Å². The van der Waals surface area contributed by atoms with E-state index in [1.54, 1.807) is 0 Å². The van der Waals surface area contributed by atoms with Crippen LogP contribution in [0.3, 0.4) is 0 Å². The predicted molar refractivity (Wildman–Crippen MR) is 81.3 cm³/mol. The smallest absolute Gasteiger partial charge is 0.0372 e. The van der Waals surface area contributed by atoms with Gasteiger partial charge in [0.1, 0.15) is 0 Å². The summed E-state index contributed by atoms with van der Waals surface area (Å²) < 4.78 is 0. The van der Waals surface area contributed by atoms with Gasteiger partial charge in [0.2, 0.25) is 0 Å². The number of hydrogen-bond acceptors (Lipinski definition) is 1. The van der Waals surface area contributed by atoms with Crippen LogP contribution in [0.1, 0.15) is 19.8 Å². The van der Waals surface area contributed by atoms with Gasteiger partial charge in [-0.1, -0.05) is 43.3 Å². The van der Waals surface area contributed by atoms with Gasteiger partial charge >= 0.3 is 0 Å². The summed E-state index contributed by atoms with van der Waals surface area (Å²) in [6.07, 6.45) is 2.62. The summed E-state index contributed by atoms with van der Waals surface area (Å²) in [5.74, 6) is 0.879. The number of hydrogen-bond donors (Lipinski definition) is 0. The maximum atomic E-state index is 3.07. The summed E-state index contributed by atoms with van der Waals surface area (Å²) in [6.45, 7) is 4.73. The average Bonchev–Trinajstić information content (AvgIpc) is 2.49. The second-order valence-corrected chi connectivity index (χ2v) is 5.51. The summed E-state index contributed by atoms with van der Waals surface area (Å²) >= 11 is 0. The van der Waals surface area contributed by atoms with Crippen LogP contribution in [0, 0.1) is 12.0 Å². The topological polar surface area (TPSA) is 3.24 Å². The highest BCUT2D eigenvalue weighted by Crippen LogP contribution is 2.27. The van der Waals surface area contributed by atoms with Crippen molar-refractivity contribution in [1.29, 1.82) is 0 Å². The van der Waals surface area contributed by atoms with E-state index in [1.165, 1.54) is 42.7 Å². The maximum Gasteiger partial charge on any atom is 0.0372 e. The molecule has 1 aliphatic heterocycles. The minimum atomic E-state index is 0.879. The summed E-state index contributed by atoms with van der Waals surface area (Å²) in [6, 6.07) is 20.2. The van der Waals surface area contributed by atoms with Crippen LogP contribution in [0.4, 0.5) is 5.69 Å². The van der Waals surface area contributed by atoms with Crippen LogP contribution >= 0.6 is 0 Å². The molecule has 1 heterocycles. The molecule has 1 aliphatic rings. The molecule has 0 spiro atoms. The molecule has 0 unspecified atom stereocenters. The summed E-state index contributed by atoms with van der Waals surface area (Å²) in [5.41, 5.74) is 3.92. The normalized spacial score (nSPS) is 16.6. The lowest BCUT2D eigenvalue weighted by atomic mass is 9.98. The number of anilines is 1. The minimum absolute atomic E-state index is 0.879. The van der Waals surface area contributed by atoms with Gasteiger partial charge < -0.3 is 4.90 Å². The molecule has 2 aromatic carbocycles. The Morgan fingerprint density at radius 1 is 1.00 bits per heavy atom. The first kappa shape index (κ1) is 12.3. The monoisotopic (exact) mass is 250 g/mol. The van der Waals surface area contributed by atoms with Crippen molar-refractivity contribution in [3.05, 3.63) is 54.6 Å². The number of nitrogens with zero attached hydrogens (tertiary/aromatic N) is 1. The minimum Gasteiger partial charge on any atom is -0.371 e. The van der Waals surface area contributed by atoms with Crippen LogP contribution in [-0.4, -0.2) is 13.1 Å². The first-order valence-corrected chi connectivity index (χ1v) is 7.14. The molecule has 1 nitrogen and oxygen atoms in total. The maximum absolute atomic E-state index is 3.07. The highest BCUT2D eigenvalue weighted by atomic mass is 15.1. The average molecular weight is 250 g/mol. The summed E-state index contributed by atoms with van der Waals surface area (Å²) in [5, 5.41) is 0. The molecule has 1 fully saturated rings. The first-order valence-electron chi connectivity index (χ1n) is 7.14. The molecule has 0 bridgehead atoms. The summed E-state index contributed by atoms with van der Waals surface area (Å²) in [7, 11) is 0. The lowest BCUT2D eigenvalue weighted by Gasteiger charge is -2.32. The third-order valence-electron chi connectivity index (χ3n) is 4.05. The Morgan fingerprint density at radius 3 is 2.47 bits per heavy atom. The van der Waals surface area contributed by atoms with E-state index >= 15 is 0 Å². The second-order valence-electron chi connectivity index (χ2n) is 5.51. The standard InChI is InChI=1S/C18H20N/c1-15-10-12-19(13-11-15)18-9-5-8-17(14-18)16-6-3-2-4-7-16/h3-9,14-15H,10-13H2,1H3. The highest BCUT2D eigenvalue weighted by Gasteiger charge is 2.16. The van der Waals surface area contributed by atoms with Crippen LogP contribution in [0.25, 0.3) is 11.1 Å². The van der Waals surface area contributed by atoms with E-state index in [1.807, 2.05) is 12.1 Å².